The second-order valence-corrected chi connectivity index (χ2v) is 9.85. The molecule has 1 aliphatic heterocycles. The maximum Gasteiger partial charge on any atom is 0.337 e. The molecule has 1 heterocycles. The van der Waals surface area contributed by atoms with Crippen LogP contribution in [0, 0.1) is 23.1 Å². The molecule has 1 saturated carbocycles. The molecule has 168 valence electrons. The van der Waals surface area contributed by atoms with Crippen LogP contribution < -0.4 is 0 Å². The van der Waals surface area contributed by atoms with Crippen LogP contribution in [-0.4, -0.2) is 22.5 Å². The molecule has 0 spiro atoms. The van der Waals surface area contributed by atoms with E-state index >= 15 is 0 Å². The number of nitriles is 1. The van der Waals surface area contributed by atoms with E-state index in [4.69, 9.17) is 9.47 Å². The van der Waals surface area contributed by atoms with Gasteiger partial charge in [-0.15, -0.1) is 0 Å². The van der Waals surface area contributed by atoms with Crippen LogP contribution in [0.2, 0.25) is 0 Å². The summed E-state index contributed by atoms with van der Waals surface area (Å²) >= 11 is 0. The first-order chi connectivity index (χ1) is 14.4. The fourth-order valence-electron chi connectivity index (χ4n) is 4.70. The van der Waals surface area contributed by atoms with E-state index in [-0.39, 0.29) is 12.3 Å². The molecule has 2 aliphatic rings. The monoisotopic (exact) mass is 429 g/mol. The fourth-order valence-corrected chi connectivity index (χ4v) is 4.70. The zero-order valence-corrected chi connectivity index (χ0v) is 18.8. The Morgan fingerprint density at radius 2 is 1.94 bits per heavy atom. The highest BCUT2D eigenvalue weighted by Crippen LogP contribution is 2.42. The average molecular weight is 430 g/mol. The second kappa shape index (κ2) is 8.63. The molecule has 1 fully saturated rings. The summed E-state index contributed by atoms with van der Waals surface area (Å²) in [6, 6.07) is 7.07. The van der Waals surface area contributed by atoms with E-state index in [1.165, 1.54) is 12.1 Å². The van der Waals surface area contributed by atoms with E-state index in [1.807, 2.05) is 6.07 Å². The molecule has 1 unspecified atom stereocenters. The Balaban J connectivity index is 1.78. The Morgan fingerprint density at radius 3 is 2.52 bits per heavy atom. The molecule has 1 aromatic rings. The molecule has 1 aliphatic carbocycles. The number of esters is 1. The largest absolute Gasteiger partial charge is 0.457 e. The quantitative estimate of drug-likeness (QED) is 0.613. The normalized spacial score (nSPS) is 20.9. The molecule has 1 atom stereocenters. The van der Waals surface area contributed by atoms with Crippen molar-refractivity contribution in [1.82, 2.24) is 0 Å². The maximum absolute atomic E-state index is 14.7. The number of nitrogens with zero attached hydrogens (tertiary/aromatic N) is 1. The Bertz CT molecular complexity index is 909. The van der Waals surface area contributed by atoms with Crippen LogP contribution in [0.15, 0.2) is 30.0 Å². The van der Waals surface area contributed by atoms with Crippen LogP contribution >= 0.6 is 0 Å². The van der Waals surface area contributed by atoms with Crippen LogP contribution in [0.4, 0.5) is 4.39 Å². The smallest absolute Gasteiger partial charge is 0.337 e. The van der Waals surface area contributed by atoms with Gasteiger partial charge < -0.3 is 14.6 Å². The summed E-state index contributed by atoms with van der Waals surface area (Å²) in [6.07, 6.45) is 6.40. The highest BCUT2D eigenvalue weighted by atomic mass is 19.1. The lowest BCUT2D eigenvalue weighted by Gasteiger charge is -2.38. The number of ether oxygens (including phenoxy) is 2. The van der Waals surface area contributed by atoms with Crippen LogP contribution in [0.25, 0.3) is 0 Å². The molecule has 1 N–H and O–H groups in total. The Morgan fingerprint density at radius 1 is 1.26 bits per heavy atom. The summed E-state index contributed by atoms with van der Waals surface area (Å²) in [5.41, 5.74) is -0.827. The van der Waals surface area contributed by atoms with E-state index in [1.54, 1.807) is 33.8 Å². The molecule has 0 bridgehead atoms. The number of carbonyl (C=O) groups excluding carboxylic acids is 1. The van der Waals surface area contributed by atoms with Crippen molar-refractivity contribution in [1.29, 1.82) is 5.26 Å². The average Bonchev–Trinajstić information content (AvgIpc) is 3.20. The van der Waals surface area contributed by atoms with Crippen molar-refractivity contribution in [2.45, 2.75) is 89.4 Å². The third-order valence-corrected chi connectivity index (χ3v) is 6.43. The van der Waals surface area contributed by atoms with Gasteiger partial charge in [-0.05, 0) is 57.1 Å². The predicted molar refractivity (Wildman–Crippen MR) is 114 cm³/mol. The first-order valence-electron chi connectivity index (χ1n) is 11.0. The number of hydrogen-bond donors (Lipinski definition) is 1. The summed E-state index contributed by atoms with van der Waals surface area (Å²) < 4.78 is 25.6. The topological polar surface area (TPSA) is 79.5 Å². The minimum absolute atomic E-state index is 0.0969. The van der Waals surface area contributed by atoms with Gasteiger partial charge in [0.05, 0.1) is 23.2 Å². The van der Waals surface area contributed by atoms with E-state index in [9.17, 15) is 19.6 Å². The number of aliphatic hydroxyl groups is 1. The van der Waals surface area contributed by atoms with Crippen molar-refractivity contribution >= 4 is 5.97 Å². The summed E-state index contributed by atoms with van der Waals surface area (Å²) in [6.45, 7) is 6.71. The number of aryl methyl sites for hydroxylation is 1. The van der Waals surface area contributed by atoms with Gasteiger partial charge in [0.1, 0.15) is 11.6 Å². The van der Waals surface area contributed by atoms with Gasteiger partial charge in [-0.25, -0.2) is 9.18 Å². The SMILES string of the molecule is CC1(C)OC(=O)C=C(CC(O)(CCc2ccc(C(C)(C)C#N)c(F)c2)C2CCCC2)O1. The van der Waals surface area contributed by atoms with Crippen LogP contribution in [-0.2, 0) is 26.1 Å². The number of cyclic esters (lactones) is 1. The zero-order valence-electron chi connectivity index (χ0n) is 18.8. The van der Waals surface area contributed by atoms with E-state index in [0.717, 1.165) is 31.2 Å². The van der Waals surface area contributed by atoms with Crippen molar-refractivity contribution in [2.24, 2.45) is 5.92 Å². The van der Waals surface area contributed by atoms with Crippen molar-refractivity contribution in [3.05, 3.63) is 47.0 Å². The molecule has 0 radical (unpaired) electrons. The second-order valence-electron chi connectivity index (χ2n) is 9.85. The lowest BCUT2D eigenvalue weighted by atomic mass is 9.78. The standard InChI is InChI=1S/C25H32FNO4/c1-23(2,16-27)20-10-9-17(13-21(20)26)11-12-25(29,18-7-5-6-8-18)15-19-14-22(28)31-24(3,4)30-19/h9-10,13-14,18,29H,5-8,11-12,15H2,1-4H3. The minimum Gasteiger partial charge on any atom is -0.457 e. The fraction of sp³-hybridized carbons (Fsp3) is 0.600. The maximum atomic E-state index is 14.7. The molecular weight excluding hydrogens is 397 g/mol. The van der Waals surface area contributed by atoms with Gasteiger partial charge in [-0.2, -0.15) is 5.26 Å². The molecule has 6 heteroatoms. The van der Waals surface area contributed by atoms with Gasteiger partial charge in [0.2, 0.25) is 5.79 Å². The lowest BCUT2D eigenvalue weighted by molar-refractivity contribution is -0.208. The van der Waals surface area contributed by atoms with Gasteiger partial charge in [0.25, 0.3) is 0 Å². The number of carbonyl (C=O) groups is 1. The van der Waals surface area contributed by atoms with Crippen LogP contribution in [0.5, 0.6) is 0 Å². The Labute approximate surface area is 183 Å². The molecular formula is C25H32FNO4. The summed E-state index contributed by atoms with van der Waals surface area (Å²) in [7, 11) is 0. The van der Waals surface area contributed by atoms with E-state index < -0.39 is 28.6 Å². The molecule has 5 nitrogen and oxygen atoms in total. The van der Waals surface area contributed by atoms with Crippen molar-refractivity contribution in [2.75, 3.05) is 0 Å². The zero-order chi connectivity index (χ0) is 22.9. The van der Waals surface area contributed by atoms with Crippen LogP contribution in [0.3, 0.4) is 0 Å². The van der Waals surface area contributed by atoms with Crippen molar-refractivity contribution < 1.29 is 23.8 Å². The van der Waals surface area contributed by atoms with Gasteiger partial charge in [-0.1, -0.05) is 25.0 Å². The number of benzene rings is 1. The van der Waals surface area contributed by atoms with Gasteiger partial charge >= 0.3 is 5.97 Å². The highest BCUT2D eigenvalue weighted by Gasteiger charge is 2.41. The molecule has 0 aromatic heterocycles. The predicted octanol–water partition coefficient (Wildman–Crippen LogP) is 5.06. The van der Waals surface area contributed by atoms with Crippen molar-refractivity contribution in [3.8, 4) is 6.07 Å². The number of rotatable bonds is 7. The third-order valence-electron chi connectivity index (χ3n) is 6.43. The molecule has 31 heavy (non-hydrogen) atoms. The Hall–Kier alpha value is -2.39. The molecule has 1 aromatic carbocycles. The highest BCUT2D eigenvalue weighted by molar-refractivity contribution is 5.83. The van der Waals surface area contributed by atoms with Crippen molar-refractivity contribution in [3.63, 3.8) is 0 Å². The Kier molecular flexibility index (Phi) is 6.48. The molecule has 3 rings (SSSR count). The number of hydrogen-bond acceptors (Lipinski definition) is 5. The summed E-state index contributed by atoms with van der Waals surface area (Å²) in [4.78, 5) is 11.9. The van der Waals surface area contributed by atoms with Crippen LogP contribution in [0.1, 0.15) is 77.3 Å². The third kappa shape index (κ3) is 5.46. The minimum atomic E-state index is -1.07. The van der Waals surface area contributed by atoms with Gasteiger partial charge in [0, 0.05) is 25.8 Å². The summed E-state index contributed by atoms with van der Waals surface area (Å²) in [5, 5.41) is 20.9. The molecule has 0 saturated heterocycles. The molecule has 0 amide bonds. The van der Waals surface area contributed by atoms with E-state index in [2.05, 4.69) is 6.07 Å². The van der Waals surface area contributed by atoms with Gasteiger partial charge in [-0.3, -0.25) is 0 Å². The lowest BCUT2D eigenvalue weighted by Crippen LogP contribution is -2.41. The first-order valence-corrected chi connectivity index (χ1v) is 11.0. The number of halogens is 1. The van der Waals surface area contributed by atoms with Gasteiger partial charge in [0.15, 0.2) is 0 Å². The van der Waals surface area contributed by atoms with E-state index in [0.29, 0.717) is 24.2 Å². The first kappa shape index (κ1) is 23.3. The summed E-state index contributed by atoms with van der Waals surface area (Å²) in [5.74, 6) is -1.42.